The zero-order valence-electron chi connectivity index (χ0n) is 19.3. The number of hydrogen-bond donors (Lipinski definition) is 0. The van der Waals surface area contributed by atoms with Crippen LogP contribution in [-0.2, 0) is 6.42 Å². The number of allylic oxidation sites excluding steroid dienone is 1. The highest BCUT2D eigenvalue weighted by Gasteiger charge is 2.26. The van der Waals surface area contributed by atoms with Crippen molar-refractivity contribution in [2.75, 3.05) is 39.8 Å². The Balaban J connectivity index is 1.25. The summed E-state index contributed by atoms with van der Waals surface area (Å²) in [6.45, 7) is 6.20. The van der Waals surface area contributed by atoms with Gasteiger partial charge in [-0.15, -0.1) is 0 Å². The van der Waals surface area contributed by atoms with E-state index in [1.165, 1.54) is 63.9 Å². The molecule has 2 fully saturated rings. The summed E-state index contributed by atoms with van der Waals surface area (Å²) in [5.41, 5.74) is 3.47. The first-order valence-electron chi connectivity index (χ1n) is 12.3. The number of rotatable bonds is 5. The molecule has 0 aliphatic carbocycles. The third kappa shape index (κ3) is 4.69. The van der Waals surface area contributed by atoms with Crippen LogP contribution in [-0.4, -0.2) is 60.7 Å². The monoisotopic (exact) mass is 433 g/mol. The quantitative estimate of drug-likeness (QED) is 0.651. The normalized spacial score (nSPS) is 21.5. The third-order valence-electron chi connectivity index (χ3n) is 7.30. The Morgan fingerprint density at radius 3 is 2.72 bits per heavy atom. The molecule has 0 N–H and O–H groups in total. The number of methoxy groups -OCH3 is 1. The van der Waals surface area contributed by atoms with E-state index in [-0.39, 0.29) is 0 Å². The Morgan fingerprint density at radius 2 is 1.91 bits per heavy atom. The van der Waals surface area contributed by atoms with Gasteiger partial charge in [-0.25, -0.2) is 4.98 Å². The van der Waals surface area contributed by atoms with Gasteiger partial charge in [-0.2, -0.15) is 0 Å². The zero-order chi connectivity index (χ0) is 21.8. The Bertz CT molecular complexity index is 944. The van der Waals surface area contributed by atoms with E-state index in [1.54, 1.807) is 13.3 Å². The highest BCUT2D eigenvalue weighted by atomic mass is 16.5. The number of fused-ring (bicyclic) bond motifs is 2. The van der Waals surface area contributed by atoms with Gasteiger partial charge in [0.2, 0.25) is 5.88 Å². The lowest BCUT2D eigenvalue weighted by atomic mass is 9.97. The van der Waals surface area contributed by atoms with Crippen LogP contribution in [0.2, 0.25) is 0 Å². The van der Waals surface area contributed by atoms with Crippen molar-refractivity contribution in [1.82, 2.24) is 14.8 Å². The molecule has 2 saturated heterocycles. The molecule has 0 atom stereocenters. The standard InChI is InChI=1S/C27H35N3O2/c1-31-25-10-5-11-26-24(25)20-21(23-9-6-14-28-27(23)32-26)8-7-15-29-18-12-22(13-19-29)30-16-3-2-4-17-30/h5-6,8-11,14,22H,2-4,7,12-13,15-20H2,1H3/b21-8-. The van der Waals surface area contributed by atoms with E-state index < -0.39 is 0 Å². The van der Waals surface area contributed by atoms with E-state index >= 15 is 0 Å². The summed E-state index contributed by atoms with van der Waals surface area (Å²) >= 11 is 0. The molecule has 1 aromatic carbocycles. The number of likely N-dealkylation sites (tertiary alicyclic amines) is 2. The molecule has 5 heteroatoms. The number of aromatic nitrogens is 1. The van der Waals surface area contributed by atoms with Crippen LogP contribution in [0, 0.1) is 0 Å². The second-order valence-corrected chi connectivity index (χ2v) is 9.26. The van der Waals surface area contributed by atoms with Crippen molar-refractivity contribution in [2.24, 2.45) is 0 Å². The van der Waals surface area contributed by atoms with Crippen molar-refractivity contribution in [2.45, 2.75) is 51.0 Å². The van der Waals surface area contributed by atoms with Crippen molar-refractivity contribution < 1.29 is 9.47 Å². The lowest BCUT2D eigenvalue weighted by Crippen LogP contribution is -2.46. The van der Waals surface area contributed by atoms with Gasteiger partial charge in [-0.05, 0) is 88.1 Å². The molecule has 0 saturated carbocycles. The van der Waals surface area contributed by atoms with E-state index in [0.717, 1.165) is 48.1 Å². The van der Waals surface area contributed by atoms with Crippen LogP contribution in [0.1, 0.15) is 49.7 Å². The first-order chi connectivity index (χ1) is 15.8. The molecule has 0 bridgehead atoms. The molecule has 3 aliphatic rings. The summed E-state index contributed by atoms with van der Waals surface area (Å²) in [4.78, 5) is 9.91. The molecule has 5 nitrogen and oxygen atoms in total. The molecule has 0 unspecified atom stereocenters. The summed E-state index contributed by atoms with van der Waals surface area (Å²) in [7, 11) is 1.72. The lowest BCUT2D eigenvalue weighted by molar-refractivity contribution is 0.0934. The molecule has 0 spiro atoms. The molecule has 32 heavy (non-hydrogen) atoms. The van der Waals surface area contributed by atoms with Gasteiger partial charge in [-0.1, -0.05) is 18.6 Å². The number of pyridine rings is 1. The number of piperidine rings is 2. The molecule has 3 aliphatic heterocycles. The van der Waals surface area contributed by atoms with E-state index in [4.69, 9.17) is 9.47 Å². The SMILES string of the molecule is COc1cccc2c1C/C(=C/CCN1CCC(N3CCCCC3)CC1)c1cccnc1O2. The Morgan fingerprint density at radius 1 is 1.06 bits per heavy atom. The summed E-state index contributed by atoms with van der Waals surface area (Å²) < 4.78 is 11.8. The van der Waals surface area contributed by atoms with Gasteiger partial charge in [0, 0.05) is 36.3 Å². The number of nitrogens with zero attached hydrogens (tertiary/aromatic N) is 3. The minimum atomic E-state index is 0.688. The molecule has 1 aromatic heterocycles. The summed E-state index contributed by atoms with van der Waals surface area (Å²) in [6, 6.07) is 10.9. The summed E-state index contributed by atoms with van der Waals surface area (Å²) in [5, 5.41) is 0. The van der Waals surface area contributed by atoms with Gasteiger partial charge < -0.3 is 19.3 Å². The maximum atomic E-state index is 6.19. The van der Waals surface area contributed by atoms with Crippen molar-refractivity contribution in [1.29, 1.82) is 0 Å². The fourth-order valence-electron chi connectivity index (χ4n) is 5.51. The van der Waals surface area contributed by atoms with Crippen molar-refractivity contribution in [3.63, 3.8) is 0 Å². The molecule has 170 valence electrons. The van der Waals surface area contributed by atoms with Gasteiger partial charge in [0.15, 0.2) is 0 Å². The predicted molar refractivity (Wildman–Crippen MR) is 128 cm³/mol. The zero-order valence-corrected chi connectivity index (χ0v) is 19.3. The van der Waals surface area contributed by atoms with Crippen LogP contribution in [0.4, 0.5) is 0 Å². The largest absolute Gasteiger partial charge is 0.496 e. The molecule has 0 radical (unpaired) electrons. The van der Waals surface area contributed by atoms with E-state index in [1.807, 2.05) is 24.3 Å². The lowest BCUT2D eigenvalue weighted by Gasteiger charge is -2.40. The first-order valence-corrected chi connectivity index (χ1v) is 12.3. The highest BCUT2D eigenvalue weighted by molar-refractivity contribution is 5.74. The van der Waals surface area contributed by atoms with Crippen molar-refractivity contribution >= 4 is 5.57 Å². The second kappa shape index (κ2) is 10.1. The maximum absolute atomic E-state index is 6.19. The van der Waals surface area contributed by atoms with Crippen LogP contribution in [0.3, 0.4) is 0 Å². The van der Waals surface area contributed by atoms with E-state index in [0.29, 0.717) is 5.88 Å². The Hall–Kier alpha value is -2.37. The average molecular weight is 434 g/mol. The van der Waals surface area contributed by atoms with Gasteiger partial charge in [0.1, 0.15) is 11.5 Å². The number of benzene rings is 1. The number of ether oxygens (including phenoxy) is 2. The molecule has 0 amide bonds. The first kappa shape index (κ1) is 21.5. The fraction of sp³-hybridized carbons (Fsp3) is 0.519. The minimum absolute atomic E-state index is 0.688. The van der Waals surface area contributed by atoms with Crippen LogP contribution in [0.15, 0.2) is 42.6 Å². The van der Waals surface area contributed by atoms with E-state index in [9.17, 15) is 0 Å². The van der Waals surface area contributed by atoms with Crippen LogP contribution >= 0.6 is 0 Å². The van der Waals surface area contributed by atoms with Crippen LogP contribution in [0.5, 0.6) is 17.4 Å². The molecule has 4 heterocycles. The second-order valence-electron chi connectivity index (χ2n) is 9.26. The summed E-state index contributed by atoms with van der Waals surface area (Å²) in [6.07, 6.45) is 12.9. The van der Waals surface area contributed by atoms with Gasteiger partial charge in [-0.3, -0.25) is 0 Å². The predicted octanol–water partition coefficient (Wildman–Crippen LogP) is 5.16. The van der Waals surface area contributed by atoms with Crippen LogP contribution < -0.4 is 9.47 Å². The van der Waals surface area contributed by atoms with Gasteiger partial charge >= 0.3 is 0 Å². The van der Waals surface area contributed by atoms with Crippen molar-refractivity contribution in [3.8, 4) is 17.4 Å². The number of hydrogen-bond acceptors (Lipinski definition) is 5. The molecular formula is C27H35N3O2. The third-order valence-corrected chi connectivity index (χ3v) is 7.30. The van der Waals surface area contributed by atoms with Gasteiger partial charge in [0.25, 0.3) is 0 Å². The summed E-state index contributed by atoms with van der Waals surface area (Å²) in [5.74, 6) is 2.40. The Labute approximate surface area is 192 Å². The minimum Gasteiger partial charge on any atom is -0.496 e. The maximum Gasteiger partial charge on any atom is 0.226 e. The molecular weight excluding hydrogens is 398 g/mol. The molecule has 2 aromatic rings. The molecule has 5 rings (SSSR count). The van der Waals surface area contributed by atoms with Crippen molar-refractivity contribution in [3.05, 3.63) is 53.7 Å². The topological polar surface area (TPSA) is 37.8 Å². The highest BCUT2D eigenvalue weighted by Crippen LogP contribution is 2.41. The van der Waals surface area contributed by atoms with Crippen LogP contribution in [0.25, 0.3) is 5.57 Å². The Kier molecular flexibility index (Phi) is 6.75. The average Bonchev–Trinajstić information content (AvgIpc) is 3.01. The van der Waals surface area contributed by atoms with Gasteiger partial charge in [0.05, 0.1) is 7.11 Å². The van der Waals surface area contributed by atoms with E-state index in [2.05, 4.69) is 26.9 Å². The fourth-order valence-corrected chi connectivity index (χ4v) is 5.51. The smallest absolute Gasteiger partial charge is 0.226 e.